The van der Waals surface area contributed by atoms with E-state index >= 15 is 0 Å². The summed E-state index contributed by atoms with van der Waals surface area (Å²) in [6.45, 7) is 5.99. The average molecular weight is 370 g/mol. The minimum absolute atomic E-state index is 0.0346. The third-order valence-electron chi connectivity index (χ3n) is 4.76. The number of hydrogen-bond acceptors (Lipinski definition) is 6. The lowest BCUT2D eigenvalue weighted by molar-refractivity contribution is 0.0880. The minimum Gasteiger partial charge on any atom is -0.378 e. The molecular formula is C18H22N6O3. The van der Waals surface area contributed by atoms with Crippen molar-refractivity contribution in [3.63, 3.8) is 0 Å². The van der Waals surface area contributed by atoms with Crippen molar-refractivity contribution >= 4 is 17.5 Å². The van der Waals surface area contributed by atoms with Gasteiger partial charge in [-0.1, -0.05) is 17.3 Å². The van der Waals surface area contributed by atoms with Gasteiger partial charge >= 0.3 is 0 Å². The average Bonchev–Trinajstić information content (AvgIpc) is 3.11. The number of carbonyl (C=O) groups excluding carboxylic acids is 2. The molecule has 2 amide bonds. The van der Waals surface area contributed by atoms with Crippen LogP contribution in [-0.2, 0) is 17.8 Å². The highest BCUT2D eigenvalue weighted by Gasteiger charge is 2.30. The van der Waals surface area contributed by atoms with Gasteiger partial charge < -0.3 is 20.3 Å². The maximum absolute atomic E-state index is 12.5. The summed E-state index contributed by atoms with van der Waals surface area (Å²) in [7, 11) is 0. The predicted octanol–water partition coefficient (Wildman–Crippen LogP) is 0.177. The SMILES string of the molecule is CC1Cn2nnc(C(=O)NCc3ccc(N4CCOCC4)cc3)c2C(=O)N1. The zero-order chi connectivity index (χ0) is 18.8. The monoisotopic (exact) mass is 370 g/mol. The van der Waals surface area contributed by atoms with Crippen molar-refractivity contribution in [1.29, 1.82) is 0 Å². The zero-order valence-corrected chi connectivity index (χ0v) is 15.1. The van der Waals surface area contributed by atoms with Gasteiger partial charge in [0.2, 0.25) is 0 Å². The lowest BCUT2D eigenvalue weighted by atomic mass is 10.1. The summed E-state index contributed by atoms with van der Waals surface area (Å²) in [6, 6.07) is 8.02. The number of nitrogens with one attached hydrogen (secondary N) is 2. The van der Waals surface area contributed by atoms with Crippen LogP contribution in [0.1, 0.15) is 33.5 Å². The Hall–Kier alpha value is -2.94. The van der Waals surface area contributed by atoms with Gasteiger partial charge in [0.25, 0.3) is 11.8 Å². The first-order chi connectivity index (χ1) is 13.1. The van der Waals surface area contributed by atoms with Crippen LogP contribution in [0.3, 0.4) is 0 Å². The van der Waals surface area contributed by atoms with E-state index in [9.17, 15) is 9.59 Å². The smallest absolute Gasteiger partial charge is 0.274 e. The standard InChI is InChI=1S/C18H22N6O3/c1-12-11-24-16(18(26)20-12)15(21-22-24)17(25)19-10-13-2-4-14(5-3-13)23-6-8-27-9-7-23/h2-5,12H,6-11H2,1H3,(H,19,25)(H,20,26). The molecule has 9 nitrogen and oxygen atoms in total. The van der Waals surface area contributed by atoms with Crippen LogP contribution in [-0.4, -0.2) is 59.2 Å². The number of hydrogen-bond donors (Lipinski definition) is 2. The van der Waals surface area contributed by atoms with Crippen molar-refractivity contribution in [3.05, 3.63) is 41.2 Å². The summed E-state index contributed by atoms with van der Waals surface area (Å²) in [4.78, 5) is 26.9. The van der Waals surface area contributed by atoms with Crippen molar-refractivity contribution in [3.8, 4) is 0 Å². The zero-order valence-electron chi connectivity index (χ0n) is 15.1. The van der Waals surface area contributed by atoms with Gasteiger partial charge in [0.1, 0.15) is 0 Å². The molecule has 0 aliphatic carbocycles. The van der Waals surface area contributed by atoms with E-state index in [0.717, 1.165) is 37.6 Å². The number of ether oxygens (including phenoxy) is 1. The van der Waals surface area contributed by atoms with Crippen molar-refractivity contribution in [2.45, 2.75) is 26.1 Å². The highest BCUT2D eigenvalue weighted by molar-refractivity contribution is 6.05. The first-order valence-corrected chi connectivity index (χ1v) is 9.06. The largest absolute Gasteiger partial charge is 0.378 e. The number of benzene rings is 1. The fourth-order valence-electron chi connectivity index (χ4n) is 3.33. The topological polar surface area (TPSA) is 101 Å². The van der Waals surface area contributed by atoms with Crippen LogP contribution >= 0.6 is 0 Å². The molecular weight excluding hydrogens is 348 g/mol. The second kappa shape index (κ2) is 7.36. The Kier molecular flexibility index (Phi) is 4.76. The van der Waals surface area contributed by atoms with Crippen LogP contribution < -0.4 is 15.5 Å². The molecule has 0 radical (unpaired) electrons. The summed E-state index contributed by atoms with van der Waals surface area (Å²) < 4.78 is 6.85. The highest BCUT2D eigenvalue weighted by atomic mass is 16.5. The molecule has 2 aromatic rings. The summed E-state index contributed by atoms with van der Waals surface area (Å²) in [6.07, 6.45) is 0. The van der Waals surface area contributed by atoms with E-state index < -0.39 is 5.91 Å². The number of rotatable bonds is 4. The Morgan fingerprint density at radius 3 is 2.78 bits per heavy atom. The van der Waals surface area contributed by atoms with E-state index in [1.807, 2.05) is 31.2 Å². The molecule has 0 saturated carbocycles. The van der Waals surface area contributed by atoms with Crippen LogP contribution in [0.25, 0.3) is 0 Å². The number of nitrogens with zero attached hydrogens (tertiary/aromatic N) is 4. The Morgan fingerprint density at radius 2 is 2.04 bits per heavy atom. The molecule has 9 heteroatoms. The quantitative estimate of drug-likeness (QED) is 0.796. The second-order valence-corrected chi connectivity index (χ2v) is 6.79. The van der Waals surface area contributed by atoms with Crippen LogP contribution in [0.2, 0.25) is 0 Å². The van der Waals surface area contributed by atoms with Gasteiger partial charge in [0, 0.05) is 31.4 Å². The molecule has 27 heavy (non-hydrogen) atoms. The van der Waals surface area contributed by atoms with E-state index in [2.05, 4.69) is 25.8 Å². The number of amides is 2. The van der Waals surface area contributed by atoms with E-state index in [1.165, 1.54) is 4.68 Å². The Bertz CT molecular complexity index is 841. The molecule has 3 heterocycles. The highest BCUT2D eigenvalue weighted by Crippen LogP contribution is 2.17. The summed E-state index contributed by atoms with van der Waals surface area (Å²) >= 11 is 0. The lowest BCUT2D eigenvalue weighted by Crippen LogP contribution is -2.43. The molecule has 4 rings (SSSR count). The van der Waals surface area contributed by atoms with Crippen LogP contribution in [0.4, 0.5) is 5.69 Å². The molecule has 1 atom stereocenters. The van der Waals surface area contributed by atoms with Gasteiger partial charge in [-0.25, -0.2) is 4.68 Å². The number of morpholine rings is 1. The van der Waals surface area contributed by atoms with Crippen LogP contribution in [0, 0.1) is 0 Å². The summed E-state index contributed by atoms with van der Waals surface area (Å²) in [5.41, 5.74) is 2.39. The molecule has 2 aliphatic rings. The molecule has 0 bridgehead atoms. The van der Waals surface area contributed by atoms with Crippen molar-refractivity contribution < 1.29 is 14.3 Å². The van der Waals surface area contributed by atoms with Crippen LogP contribution in [0.5, 0.6) is 0 Å². The number of aromatic nitrogens is 3. The molecule has 1 aromatic carbocycles. The third kappa shape index (κ3) is 3.63. The molecule has 1 aromatic heterocycles. The van der Waals surface area contributed by atoms with Gasteiger partial charge in [-0.2, -0.15) is 0 Å². The molecule has 1 fully saturated rings. The van der Waals surface area contributed by atoms with Gasteiger partial charge in [-0.15, -0.1) is 5.10 Å². The Labute approximate surface area is 156 Å². The maximum atomic E-state index is 12.5. The van der Waals surface area contributed by atoms with E-state index in [0.29, 0.717) is 13.1 Å². The molecule has 0 spiro atoms. The van der Waals surface area contributed by atoms with E-state index in [1.54, 1.807) is 0 Å². The number of fused-ring (bicyclic) bond motifs is 1. The van der Waals surface area contributed by atoms with Crippen molar-refractivity contribution in [2.75, 3.05) is 31.2 Å². The summed E-state index contributed by atoms with van der Waals surface area (Å²) in [5.74, 6) is -0.725. The van der Waals surface area contributed by atoms with Gasteiger partial charge in [-0.3, -0.25) is 9.59 Å². The maximum Gasteiger partial charge on any atom is 0.274 e. The predicted molar refractivity (Wildman–Crippen MR) is 97.6 cm³/mol. The second-order valence-electron chi connectivity index (χ2n) is 6.79. The van der Waals surface area contributed by atoms with Gasteiger partial charge in [0.05, 0.1) is 19.8 Å². The molecule has 1 saturated heterocycles. The Balaban J connectivity index is 1.39. The fourth-order valence-corrected chi connectivity index (χ4v) is 3.33. The van der Waals surface area contributed by atoms with Crippen molar-refractivity contribution in [1.82, 2.24) is 25.6 Å². The normalized spacial score (nSPS) is 19.4. The van der Waals surface area contributed by atoms with Gasteiger partial charge in [-0.05, 0) is 24.6 Å². The number of anilines is 1. The fraction of sp³-hybridized carbons (Fsp3) is 0.444. The minimum atomic E-state index is -0.404. The molecule has 142 valence electrons. The van der Waals surface area contributed by atoms with Crippen LogP contribution in [0.15, 0.2) is 24.3 Å². The van der Waals surface area contributed by atoms with E-state index in [-0.39, 0.29) is 23.3 Å². The molecule has 2 aliphatic heterocycles. The van der Waals surface area contributed by atoms with E-state index in [4.69, 9.17) is 4.74 Å². The summed E-state index contributed by atoms with van der Waals surface area (Å²) in [5, 5.41) is 13.4. The lowest BCUT2D eigenvalue weighted by Gasteiger charge is -2.28. The van der Waals surface area contributed by atoms with Gasteiger partial charge in [0.15, 0.2) is 11.4 Å². The number of carbonyl (C=O) groups is 2. The first kappa shape index (κ1) is 17.5. The third-order valence-corrected chi connectivity index (χ3v) is 4.76. The van der Waals surface area contributed by atoms with Crippen molar-refractivity contribution in [2.24, 2.45) is 0 Å². The Morgan fingerprint density at radius 1 is 1.30 bits per heavy atom. The molecule has 1 unspecified atom stereocenters. The molecule has 2 N–H and O–H groups in total. The first-order valence-electron chi connectivity index (χ1n) is 9.06.